The molecule has 0 heterocycles. The molecule has 0 spiro atoms. The average Bonchev–Trinajstić information content (AvgIpc) is 2.98. The summed E-state index contributed by atoms with van der Waals surface area (Å²) >= 11 is 0. The number of hydrogen-bond donors (Lipinski definition) is 2. The van der Waals surface area contributed by atoms with Gasteiger partial charge in [0.2, 0.25) is 10.0 Å². The van der Waals surface area contributed by atoms with Crippen LogP contribution in [-0.2, 0) is 16.6 Å². The molecule has 2 N–H and O–H groups in total. The normalized spacial score (nSPS) is 16.5. The zero-order valence-electron chi connectivity index (χ0n) is 8.18. The van der Waals surface area contributed by atoms with E-state index < -0.39 is 10.0 Å². The molecular formula is C10H13NO3S. The Morgan fingerprint density at radius 2 is 2.13 bits per heavy atom. The summed E-state index contributed by atoms with van der Waals surface area (Å²) in [6.45, 7) is 0.243. The molecule has 0 saturated heterocycles. The monoisotopic (exact) mass is 227 g/mol. The van der Waals surface area contributed by atoms with Crippen molar-refractivity contribution < 1.29 is 13.5 Å². The molecule has 4 nitrogen and oxygen atoms in total. The van der Waals surface area contributed by atoms with Crippen LogP contribution in [0.15, 0.2) is 24.3 Å². The van der Waals surface area contributed by atoms with Crippen LogP contribution in [0.1, 0.15) is 18.4 Å². The molecule has 1 aliphatic rings. The fourth-order valence-corrected chi connectivity index (χ4v) is 2.71. The zero-order valence-corrected chi connectivity index (χ0v) is 9.00. The highest BCUT2D eigenvalue weighted by atomic mass is 32.2. The number of benzene rings is 1. The van der Waals surface area contributed by atoms with Crippen molar-refractivity contribution >= 4 is 10.0 Å². The van der Waals surface area contributed by atoms with Gasteiger partial charge in [-0.15, -0.1) is 0 Å². The molecule has 15 heavy (non-hydrogen) atoms. The van der Waals surface area contributed by atoms with Crippen molar-refractivity contribution in [3.63, 3.8) is 0 Å². The van der Waals surface area contributed by atoms with E-state index in [4.69, 9.17) is 0 Å². The van der Waals surface area contributed by atoms with Gasteiger partial charge in [0.05, 0.1) is 5.25 Å². The number of hydrogen-bond acceptors (Lipinski definition) is 3. The van der Waals surface area contributed by atoms with Gasteiger partial charge in [-0.2, -0.15) is 0 Å². The van der Waals surface area contributed by atoms with Crippen LogP contribution in [0.5, 0.6) is 5.75 Å². The third-order valence-corrected chi connectivity index (χ3v) is 4.25. The summed E-state index contributed by atoms with van der Waals surface area (Å²) in [6, 6.07) is 6.57. The van der Waals surface area contributed by atoms with Crippen molar-refractivity contribution in [3.05, 3.63) is 29.8 Å². The van der Waals surface area contributed by atoms with Gasteiger partial charge in [0.25, 0.3) is 0 Å². The summed E-state index contributed by atoms with van der Waals surface area (Å²) in [4.78, 5) is 0. The number of rotatable bonds is 4. The Kier molecular flexibility index (Phi) is 2.67. The summed E-state index contributed by atoms with van der Waals surface area (Å²) < 4.78 is 25.5. The lowest BCUT2D eigenvalue weighted by molar-refractivity contribution is 0.474. The van der Waals surface area contributed by atoms with Crippen molar-refractivity contribution in [3.8, 4) is 5.75 Å². The van der Waals surface area contributed by atoms with Gasteiger partial charge in [0.15, 0.2) is 0 Å². The second-order valence-electron chi connectivity index (χ2n) is 3.74. The van der Waals surface area contributed by atoms with Crippen LogP contribution in [-0.4, -0.2) is 18.8 Å². The number of phenols is 1. The molecule has 0 amide bonds. The second kappa shape index (κ2) is 3.83. The van der Waals surface area contributed by atoms with E-state index in [1.165, 1.54) is 0 Å². The zero-order chi connectivity index (χ0) is 10.9. The summed E-state index contributed by atoms with van der Waals surface area (Å²) in [7, 11) is -3.13. The van der Waals surface area contributed by atoms with Crippen LogP contribution in [0, 0.1) is 0 Å². The van der Waals surface area contributed by atoms with Gasteiger partial charge in [0.1, 0.15) is 5.75 Å². The fourth-order valence-electron chi connectivity index (χ4n) is 1.35. The first-order valence-corrected chi connectivity index (χ1v) is 6.39. The van der Waals surface area contributed by atoms with E-state index in [0.717, 1.165) is 18.4 Å². The molecule has 1 fully saturated rings. The first-order valence-electron chi connectivity index (χ1n) is 4.84. The SMILES string of the molecule is O=S(=O)(NCc1cccc(O)c1)C1CC1. The van der Waals surface area contributed by atoms with Crippen molar-refractivity contribution in [2.45, 2.75) is 24.6 Å². The van der Waals surface area contributed by atoms with E-state index in [9.17, 15) is 13.5 Å². The third kappa shape index (κ3) is 2.70. The van der Waals surface area contributed by atoms with Crippen molar-refractivity contribution in [2.75, 3.05) is 0 Å². The van der Waals surface area contributed by atoms with Crippen LogP contribution in [0.3, 0.4) is 0 Å². The van der Waals surface area contributed by atoms with Crippen molar-refractivity contribution in [1.29, 1.82) is 0 Å². The Hall–Kier alpha value is -1.07. The minimum absolute atomic E-state index is 0.151. The highest BCUT2D eigenvalue weighted by molar-refractivity contribution is 7.90. The average molecular weight is 227 g/mol. The lowest BCUT2D eigenvalue weighted by Crippen LogP contribution is -2.26. The van der Waals surface area contributed by atoms with Crippen LogP contribution in [0.2, 0.25) is 0 Å². The maximum Gasteiger partial charge on any atom is 0.214 e. The number of nitrogens with one attached hydrogen (secondary N) is 1. The Balaban J connectivity index is 1.98. The summed E-state index contributed by atoms with van der Waals surface area (Å²) in [5.74, 6) is 0.151. The van der Waals surface area contributed by atoms with Gasteiger partial charge in [-0.25, -0.2) is 13.1 Å². The summed E-state index contributed by atoms with van der Waals surface area (Å²) in [5.41, 5.74) is 0.763. The van der Waals surface area contributed by atoms with E-state index in [1.54, 1.807) is 24.3 Å². The quantitative estimate of drug-likeness (QED) is 0.805. The first kappa shape index (κ1) is 10.4. The van der Waals surface area contributed by atoms with Gasteiger partial charge < -0.3 is 5.11 Å². The van der Waals surface area contributed by atoms with Gasteiger partial charge >= 0.3 is 0 Å². The van der Waals surface area contributed by atoms with E-state index in [0.29, 0.717) is 0 Å². The standard InChI is InChI=1S/C10H13NO3S/c12-9-3-1-2-8(6-9)7-11-15(13,14)10-4-5-10/h1-3,6,10-12H,4-5,7H2. The first-order chi connectivity index (χ1) is 7.08. The molecular weight excluding hydrogens is 214 g/mol. The molecule has 1 saturated carbocycles. The third-order valence-electron chi connectivity index (χ3n) is 2.35. The highest BCUT2D eigenvalue weighted by Crippen LogP contribution is 2.27. The maximum atomic E-state index is 11.5. The van der Waals surface area contributed by atoms with E-state index in [1.807, 2.05) is 0 Å². The predicted octanol–water partition coefficient (Wildman–Crippen LogP) is 0.974. The van der Waals surface area contributed by atoms with Crippen LogP contribution in [0.25, 0.3) is 0 Å². The Morgan fingerprint density at radius 1 is 1.40 bits per heavy atom. The molecule has 0 bridgehead atoms. The topological polar surface area (TPSA) is 66.4 Å². The summed E-state index contributed by atoms with van der Waals surface area (Å²) in [6.07, 6.45) is 1.52. The van der Waals surface area contributed by atoms with Gasteiger partial charge in [0, 0.05) is 6.54 Å². The molecule has 0 unspecified atom stereocenters. The number of aromatic hydroxyl groups is 1. The molecule has 0 atom stereocenters. The van der Waals surface area contributed by atoms with E-state index in [2.05, 4.69) is 4.72 Å². The second-order valence-corrected chi connectivity index (χ2v) is 5.78. The Morgan fingerprint density at radius 3 is 2.73 bits per heavy atom. The van der Waals surface area contributed by atoms with Gasteiger partial charge in [-0.1, -0.05) is 12.1 Å². The van der Waals surface area contributed by atoms with Gasteiger partial charge in [-0.3, -0.25) is 0 Å². The van der Waals surface area contributed by atoms with E-state index in [-0.39, 0.29) is 17.5 Å². The molecule has 82 valence electrons. The maximum absolute atomic E-state index is 11.5. The van der Waals surface area contributed by atoms with E-state index >= 15 is 0 Å². The lowest BCUT2D eigenvalue weighted by atomic mass is 10.2. The molecule has 2 rings (SSSR count). The van der Waals surface area contributed by atoms with Crippen LogP contribution in [0.4, 0.5) is 0 Å². The smallest absolute Gasteiger partial charge is 0.214 e. The Labute approximate surface area is 89.0 Å². The molecule has 1 aliphatic carbocycles. The van der Waals surface area contributed by atoms with Crippen LogP contribution >= 0.6 is 0 Å². The highest BCUT2D eigenvalue weighted by Gasteiger charge is 2.35. The van der Waals surface area contributed by atoms with Crippen molar-refractivity contribution in [2.24, 2.45) is 0 Å². The minimum Gasteiger partial charge on any atom is -0.508 e. The predicted molar refractivity (Wildman–Crippen MR) is 56.9 cm³/mol. The lowest BCUT2D eigenvalue weighted by Gasteiger charge is -2.05. The Bertz CT molecular complexity index is 451. The molecule has 0 aromatic heterocycles. The number of phenolic OH excluding ortho intramolecular Hbond substituents is 1. The van der Waals surface area contributed by atoms with Crippen LogP contribution < -0.4 is 4.72 Å². The van der Waals surface area contributed by atoms with Gasteiger partial charge in [-0.05, 0) is 30.5 Å². The molecule has 0 radical (unpaired) electrons. The van der Waals surface area contributed by atoms with Crippen molar-refractivity contribution in [1.82, 2.24) is 4.72 Å². The number of sulfonamides is 1. The molecule has 1 aromatic carbocycles. The summed E-state index contributed by atoms with van der Waals surface area (Å²) in [5, 5.41) is 8.99. The minimum atomic E-state index is -3.13. The molecule has 1 aromatic rings. The molecule has 5 heteroatoms. The molecule has 0 aliphatic heterocycles. The largest absolute Gasteiger partial charge is 0.508 e. The fraction of sp³-hybridized carbons (Fsp3) is 0.400.